The fourth-order valence-corrected chi connectivity index (χ4v) is 3.17. The van der Waals surface area contributed by atoms with Crippen molar-refractivity contribution in [2.45, 2.75) is 12.8 Å². The van der Waals surface area contributed by atoms with E-state index in [0.29, 0.717) is 16.9 Å². The standard InChI is InChI=1S/C24H15F4N3O5/c25-17-11-19(31(33)34)22(12-18(17)30-23(32)10-16(13-29-30)24(26,27)28)36-21-9-5-4-8-20(21)35-14-15-6-2-1-3-7-15/h1-13H,14H2. The summed E-state index contributed by atoms with van der Waals surface area (Å²) in [6, 6.07) is 16.9. The number of rotatable bonds is 7. The van der Waals surface area contributed by atoms with Crippen molar-refractivity contribution in [2.75, 3.05) is 0 Å². The Morgan fingerprint density at radius 2 is 1.61 bits per heavy atom. The molecule has 0 atom stereocenters. The average molecular weight is 501 g/mol. The monoisotopic (exact) mass is 501 g/mol. The summed E-state index contributed by atoms with van der Waals surface area (Å²) in [6.07, 6.45) is -4.49. The van der Waals surface area contributed by atoms with Gasteiger partial charge in [-0.15, -0.1) is 0 Å². The van der Waals surface area contributed by atoms with E-state index in [-0.39, 0.29) is 24.2 Å². The fraction of sp³-hybridized carbons (Fsp3) is 0.0833. The molecule has 0 aliphatic heterocycles. The van der Waals surface area contributed by atoms with Gasteiger partial charge in [-0.1, -0.05) is 42.5 Å². The Labute approximate surface area is 200 Å². The smallest absolute Gasteiger partial charge is 0.418 e. The number of benzene rings is 3. The highest BCUT2D eigenvalue weighted by molar-refractivity contribution is 5.56. The molecule has 3 aromatic carbocycles. The van der Waals surface area contributed by atoms with Crippen molar-refractivity contribution in [3.63, 3.8) is 0 Å². The number of aromatic nitrogens is 2. The zero-order valence-electron chi connectivity index (χ0n) is 18.1. The zero-order chi connectivity index (χ0) is 25.9. The van der Waals surface area contributed by atoms with Gasteiger partial charge in [-0.05, 0) is 17.7 Å². The van der Waals surface area contributed by atoms with Crippen molar-refractivity contribution in [1.82, 2.24) is 9.78 Å². The number of nitro benzene ring substituents is 1. The molecule has 4 rings (SSSR count). The lowest BCUT2D eigenvalue weighted by atomic mass is 10.2. The quantitative estimate of drug-likeness (QED) is 0.184. The van der Waals surface area contributed by atoms with E-state index in [0.717, 1.165) is 11.6 Å². The number of halogens is 4. The van der Waals surface area contributed by atoms with Crippen molar-refractivity contribution >= 4 is 5.69 Å². The van der Waals surface area contributed by atoms with Crippen LogP contribution in [0.1, 0.15) is 11.1 Å². The third kappa shape index (κ3) is 5.32. The van der Waals surface area contributed by atoms with Gasteiger partial charge in [-0.2, -0.15) is 23.0 Å². The average Bonchev–Trinajstić information content (AvgIpc) is 2.84. The largest absolute Gasteiger partial charge is 0.485 e. The van der Waals surface area contributed by atoms with Crippen molar-refractivity contribution in [2.24, 2.45) is 0 Å². The molecule has 184 valence electrons. The molecule has 0 aliphatic rings. The Hall–Kier alpha value is -4.74. The van der Waals surface area contributed by atoms with Gasteiger partial charge in [0.15, 0.2) is 17.3 Å². The molecule has 0 bridgehead atoms. The zero-order valence-corrected chi connectivity index (χ0v) is 18.1. The first kappa shape index (κ1) is 24.4. The van der Waals surface area contributed by atoms with Gasteiger partial charge in [0.1, 0.15) is 12.3 Å². The van der Waals surface area contributed by atoms with Crippen molar-refractivity contribution in [1.29, 1.82) is 0 Å². The second-order valence-electron chi connectivity index (χ2n) is 7.34. The van der Waals surface area contributed by atoms with Crippen LogP contribution in [0.2, 0.25) is 0 Å². The van der Waals surface area contributed by atoms with Gasteiger partial charge in [-0.25, -0.2) is 4.39 Å². The molecule has 0 spiro atoms. The first-order chi connectivity index (χ1) is 17.1. The number of ether oxygens (including phenoxy) is 2. The highest BCUT2D eigenvalue weighted by atomic mass is 19.4. The second-order valence-corrected chi connectivity index (χ2v) is 7.34. The Morgan fingerprint density at radius 1 is 0.944 bits per heavy atom. The van der Waals surface area contributed by atoms with E-state index in [1.165, 1.54) is 6.07 Å². The number of nitrogens with zero attached hydrogens (tertiary/aromatic N) is 3. The van der Waals surface area contributed by atoms with Crippen LogP contribution in [0.3, 0.4) is 0 Å². The number of alkyl halides is 3. The molecule has 1 heterocycles. The van der Waals surface area contributed by atoms with Crippen LogP contribution >= 0.6 is 0 Å². The predicted octanol–water partition coefficient (Wildman–Crippen LogP) is 5.67. The minimum absolute atomic E-state index is 0.0433. The maximum atomic E-state index is 14.7. The van der Waals surface area contributed by atoms with Gasteiger partial charge in [0.25, 0.3) is 5.56 Å². The van der Waals surface area contributed by atoms with Crippen molar-refractivity contribution in [3.8, 4) is 22.9 Å². The molecule has 12 heteroatoms. The lowest BCUT2D eigenvalue weighted by Gasteiger charge is -2.14. The summed E-state index contributed by atoms with van der Waals surface area (Å²) in [5.41, 5.74) is -3.21. The van der Waals surface area contributed by atoms with Gasteiger partial charge in [0.2, 0.25) is 5.75 Å². The topological polar surface area (TPSA) is 96.5 Å². The van der Waals surface area contributed by atoms with Crippen LogP contribution in [-0.4, -0.2) is 14.7 Å². The van der Waals surface area contributed by atoms with E-state index in [9.17, 15) is 32.5 Å². The summed E-state index contributed by atoms with van der Waals surface area (Å²) >= 11 is 0. The third-order valence-electron chi connectivity index (χ3n) is 4.89. The summed E-state index contributed by atoms with van der Waals surface area (Å²) in [5, 5.41) is 14.9. The van der Waals surface area contributed by atoms with Crippen LogP contribution in [0, 0.1) is 15.9 Å². The highest BCUT2D eigenvalue weighted by Crippen LogP contribution is 2.38. The Bertz CT molecular complexity index is 1470. The summed E-state index contributed by atoms with van der Waals surface area (Å²) in [7, 11) is 0. The highest BCUT2D eigenvalue weighted by Gasteiger charge is 2.32. The van der Waals surface area contributed by atoms with Crippen molar-refractivity contribution in [3.05, 3.63) is 116 Å². The van der Waals surface area contributed by atoms with E-state index in [1.54, 1.807) is 18.2 Å². The summed E-state index contributed by atoms with van der Waals surface area (Å²) in [6.45, 7) is 0.156. The lowest BCUT2D eigenvalue weighted by Crippen LogP contribution is -2.24. The minimum Gasteiger partial charge on any atom is -0.485 e. The van der Waals surface area contributed by atoms with Gasteiger partial charge in [-0.3, -0.25) is 14.9 Å². The maximum absolute atomic E-state index is 14.7. The van der Waals surface area contributed by atoms with Gasteiger partial charge in [0, 0.05) is 12.1 Å². The van der Waals surface area contributed by atoms with Gasteiger partial charge in [0.05, 0.1) is 22.7 Å². The van der Waals surface area contributed by atoms with Gasteiger partial charge >= 0.3 is 11.9 Å². The van der Waals surface area contributed by atoms with Crippen LogP contribution in [0.15, 0.2) is 83.8 Å². The molecule has 0 fully saturated rings. The van der Waals surface area contributed by atoms with Crippen LogP contribution in [0.4, 0.5) is 23.2 Å². The van der Waals surface area contributed by atoms with Crippen LogP contribution < -0.4 is 15.0 Å². The number of nitro groups is 1. The minimum atomic E-state index is -4.84. The number of hydrogen-bond donors (Lipinski definition) is 0. The molecule has 36 heavy (non-hydrogen) atoms. The van der Waals surface area contributed by atoms with Gasteiger partial charge < -0.3 is 9.47 Å². The van der Waals surface area contributed by atoms with Crippen LogP contribution in [0.25, 0.3) is 5.69 Å². The molecule has 1 aromatic heterocycles. The molecule has 0 radical (unpaired) electrons. The maximum Gasteiger partial charge on any atom is 0.418 e. The normalized spacial score (nSPS) is 11.2. The lowest BCUT2D eigenvalue weighted by molar-refractivity contribution is -0.385. The van der Waals surface area contributed by atoms with Crippen LogP contribution in [0.5, 0.6) is 17.2 Å². The van der Waals surface area contributed by atoms with E-state index >= 15 is 0 Å². The Morgan fingerprint density at radius 3 is 2.25 bits per heavy atom. The second kappa shape index (κ2) is 9.86. The molecular weight excluding hydrogens is 486 g/mol. The van der Waals surface area contributed by atoms with E-state index in [1.807, 2.05) is 30.3 Å². The molecule has 0 unspecified atom stereocenters. The number of hydrogen-bond acceptors (Lipinski definition) is 6. The molecule has 4 aromatic rings. The molecule has 0 aliphatic carbocycles. The molecule has 0 N–H and O–H groups in total. The summed E-state index contributed by atoms with van der Waals surface area (Å²) in [5.74, 6) is -1.49. The van der Waals surface area contributed by atoms with E-state index < -0.39 is 45.2 Å². The van der Waals surface area contributed by atoms with E-state index in [4.69, 9.17) is 9.47 Å². The molecule has 0 saturated heterocycles. The Kier molecular flexibility index (Phi) is 6.68. The fourth-order valence-electron chi connectivity index (χ4n) is 3.17. The Balaban J connectivity index is 1.72. The molecule has 0 amide bonds. The van der Waals surface area contributed by atoms with Crippen molar-refractivity contribution < 1.29 is 32.0 Å². The third-order valence-corrected chi connectivity index (χ3v) is 4.89. The molecular formula is C24H15F4N3O5. The first-order valence-electron chi connectivity index (χ1n) is 10.2. The number of para-hydroxylation sites is 2. The predicted molar refractivity (Wildman–Crippen MR) is 119 cm³/mol. The summed E-state index contributed by atoms with van der Waals surface area (Å²) < 4.78 is 65.1. The summed E-state index contributed by atoms with van der Waals surface area (Å²) in [4.78, 5) is 22.9. The molecule has 0 saturated carbocycles. The SMILES string of the molecule is O=c1cc(C(F)(F)F)cnn1-c1cc(Oc2ccccc2OCc2ccccc2)c([N+](=O)[O-])cc1F. The van der Waals surface area contributed by atoms with E-state index in [2.05, 4.69) is 5.10 Å². The first-order valence-corrected chi connectivity index (χ1v) is 10.2. The molecule has 8 nitrogen and oxygen atoms in total. The van der Waals surface area contributed by atoms with Crippen LogP contribution in [-0.2, 0) is 12.8 Å².